The van der Waals surface area contributed by atoms with Gasteiger partial charge in [0.15, 0.2) is 21.5 Å². The molecule has 34 heavy (non-hydrogen) atoms. The highest BCUT2D eigenvalue weighted by atomic mass is 32.2. The van der Waals surface area contributed by atoms with Gasteiger partial charge in [0.05, 0.1) is 28.5 Å². The summed E-state index contributed by atoms with van der Waals surface area (Å²) < 4.78 is 65.7. The summed E-state index contributed by atoms with van der Waals surface area (Å²) in [6.45, 7) is 1.39. The highest BCUT2D eigenvalue weighted by Crippen LogP contribution is 2.31. The minimum Gasteiger partial charge on any atom is -0.267 e. The Balaban J connectivity index is 1.95. The van der Waals surface area contributed by atoms with Crippen molar-refractivity contribution >= 4 is 20.6 Å². The van der Waals surface area contributed by atoms with E-state index in [0.717, 1.165) is 18.3 Å². The first kappa shape index (κ1) is 23.0. The fourth-order valence-corrected chi connectivity index (χ4v) is 4.14. The molecule has 13 heteroatoms. The van der Waals surface area contributed by atoms with Gasteiger partial charge in [-0.15, -0.1) is 0 Å². The van der Waals surface area contributed by atoms with Crippen LogP contribution in [0.5, 0.6) is 0 Å². The zero-order chi connectivity index (χ0) is 24.7. The maximum atomic E-state index is 13.1. The maximum absolute atomic E-state index is 13.1. The number of fused-ring (bicyclic) bond motifs is 1. The first-order valence-electron chi connectivity index (χ1n) is 9.60. The van der Waals surface area contributed by atoms with E-state index >= 15 is 0 Å². The third-order valence-corrected chi connectivity index (χ3v) is 6.63. The topological polar surface area (TPSA) is 131 Å². The smallest absolute Gasteiger partial charge is 0.267 e. The molecule has 0 bridgehead atoms. The van der Waals surface area contributed by atoms with Crippen LogP contribution in [-0.4, -0.2) is 38.9 Å². The number of hydrogen-bond acceptors (Lipinski definition) is 8. The predicted molar refractivity (Wildman–Crippen MR) is 114 cm³/mol. The Morgan fingerprint density at radius 3 is 2.38 bits per heavy atom. The third-order valence-electron chi connectivity index (χ3n) is 4.90. The zero-order valence-electron chi connectivity index (χ0n) is 17.3. The minimum atomic E-state index is -4.67. The van der Waals surface area contributed by atoms with Gasteiger partial charge in [0.2, 0.25) is 0 Å². The molecule has 0 spiro atoms. The molecule has 9 nitrogen and oxygen atoms in total. The van der Waals surface area contributed by atoms with Gasteiger partial charge in [0.1, 0.15) is 11.0 Å². The van der Waals surface area contributed by atoms with Crippen LogP contribution in [0, 0.1) is 11.3 Å². The maximum Gasteiger partial charge on any atom is 0.416 e. The van der Waals surface area contributed by atoms with Crippen molar-refractivity contribution in [1.29, 1.82) is 5.26 Å². The van der Waals surface area contributed by atoms with E-state index in [1.807, 2.05) is 6.07 Å². The van der Waals surface area contributed by atoms with Crippen LogP contribution in [0.15, 0.2) is 58.7 Å². The number of benzene rings is 1. The van der Waals surface area contributed by atoms with Crippen LogP contribution in [0.25, 0.3) is 28.0 Å². The highest BCUT2D eigenvalue weighted by molar-refractivity contribution is 7.91. The van der Waals surface area contributed by atoms with Crippen LogP contribution in [-0.2, 0) is 16.0 Å². The largest absolute Gasteiger partial charge is 0.416 e. The van der Waals surface area contributed by atoms with E-state index in [1.54, 1.807) is 0 Å². The fourth-order valence-electron chi connectivity index (χ4n) is 3.11. The van der Waals surface area contributed by atoms with Crippen molar-refractivity contribution in [1.82, 2.24) is 24.7 Å². The number of aromatic nitrogens is 5. The molecule has 0 atom stereocenters. The van der Waals surface area contributed by atoms with Gasteiger partial charge in [-0.3, -0.25) is 4.79 Å². The molecule has 3 heterocycles. The van der Waals surface area contributed by atoms with Crippen LogP contribution in [0.1, 0.15) is 18.1 Å². The lowest BCUT2D eigenvalue weighted by Crippen LogP contribution is -2.25. The second kappa shape index (κ2) is 8.31. The van der Waals surface area contributed by atoms with Gasteiger partial charge in [-0.25, -0.2) is 23.4 Å². The second-order valence-corrected chi connectivity index (χ2v) is 9.26. The molecular formula is C21H13F3N6O3S. The summed E-state index contributed by atoms with van der Waals surface area (Å²) in [4.78, 5) is 24.8. The molecule has 0 radical (unpaired) electrons. The first-order chi connectivity index (χ1) is 16.0. The van der Waals surface area contributed by atoms with Gasteiger partial charge in [0.25, 0.3) is 5.56 Å². The molecule has 0 aliphatic heterocycles. The summed E-state index contributed by atoms with van der Waals surface area (Å²) in [6, 6.07) is 5.68. The van der Waals surface area contributed by atoms with E-state index in [1.165, 1.54) is 31.6 Å². The van der Waals surface area contributed by atoms with Crippen LogP contribution in [0.3, 0.4) is 0 Å². The van der Waals surface area contributed by atoms with E-state index in [2.05, 4.69) is 20.1 Å². The highest BCUT2D eigenvalue weighted by Gasteiger charge is 2.31. The van der Waals surface area contributed by atoms with Gasteiger partial charge >= 0.3 is 6.18 Å². The van der Waals surface area contributed by atoms with E-state index in [0.29, 0.717) is 10.7 Å². The molecule has 3 aromatic heterocycles. The minimum absolute atomic E-state index is 0.0826. The Hall–Kier alpha value is -4.18. The Bertz CT molecular complexity index is 1630. The summed E-state index contributed by atoms with van der Waals surface area (Å²) in [5, 5.41) is 12.7. The molecule has 0 unspecified atom stereocenters. The molecule has 0 saturated carbocycles. The Morgan fingerprint density at radius 1 is 1.06 bits per heavy atom. The molecule has 0 amide bonds. The van der Waals surface area contributed by atoms with Crippen molar-refractivity contribution in [2.24, 2.45) is 0 Å². The molecule has 4 rings (SSSR count). The van der Waals surface area contributed by atoms with Gasteiger partial charge in [-0.05, 0) is 18.2 Å². The molecule has 0 saturated heterocycles. The standard InChI is InChI=1S/C21H13F3N6O3S/c1-2-34(32,33)17-5-14(18-26-8-12(7-25)9-27-18)10-28-19(17)30-20(31)16-6-15(21(22,23)24)4-3-13(16)11-29-30/h3-6,8-11H,2H2,1H3. The lowest BCUT2D eigenvalue weighted by atomic mass is 10.1. The van der Waals surface area contributed by atoms with Crippen LogP contribution in [0.2, 0.25) is 0 Å². The Labute approximate surface area is 190 Å². The number of pyridine rings is 1. The van der Waals surface area contributed by atoms with Gasteiger partial charge in [-0.2, -0.15) is 28.2 Å². The molecule has 4 aromatic rings. The summed E-state index contributed by atoms with van der Waals surface area (Å²) in [5.74, 6) is -0.636. The summed E-state index contributed by atoms with van der Waals surface area (Å²) in [7, 11) is -3.97. The Kier molecular flexibility index (Phi) is 5.62. The monoisotopic (exact) mass is 486 g/mol. The van der Waals surface area contributed by atoms with Crippen molar-refractivity contribution in [3.8, 4) is 23.3 Å². The quantitative estimate of drug-likeness (QED) is 0.430. The number of nitriles is 1. The normalized spacial score (nSPS) is 12.0. The van der Waals surface area contributed by atoms with Gasteiger partial charge < -0.3 is 0 Å². The average molecular weight is 486 g/mol. The molecule has 0 fully saturated rings. The first-order valence-corrected chi connectivity index (χ1v) is 11.3. The van der Waals surface area contributed by atoms with E-state index in [9.17, 15) is 26.4 Å². The summed E-state index contributed by atoms with van der Waals surface area (Å²) in [5.41, 5.74) is -1.61. The van der Waals surface area contributed by atoms with Crippen LogP contribution in [0.4, 0.5) is 13.2 Å². The molecular weight excluding hydrogens is 473 g/mol. The molecule has 1 aromatic carbocycles. The molecule has 0 aliphatic rings. The van der Waals surface area contributed by atoms with Crippen molar-refractivity contribution < 1.29 is 21.6 Å². The van der Waals surface area contributed by atoms with E-state index < -0.39 is 27.1 Å². The van der Waals surface area contributed by atoms with E-state index in [4.69, 9.17) is 5.26 Å². The Morgan fingerprint density at radius 2 is 1.76 bits per heavy atom. The molecule has 0 aliphatic carbocycles. The second-order valence-electron chi connectivity index (χ2n) is 7.02. The van der Waals surface area contributed by atoms with Crippen molar-refractivity contribution in [2.75, 3.05) is 5.75 Å². The summed E-state index contributed by atoms with van der Waals surface area (Å²) in [6.07, 6.45) is 0.177. The number of hydrogen-bond donors (Lipinski definition) is 0. The number of rotatable bonds is 4. The number of alkyl halides is 3. The molecule has 0 N–H and O–H groups in total. The predicted octanol–water partition coefficient (Wildman–Crippen LogP) is 2.92. The van der Waals surface area contributed by atoms with Gasteiger partial charge in [0, 0.05) is 29.5 Å². The van der Waals surface area contributed by atoms with Crippen molar-refractivity contribution in [2.45, 2.75) is 18.0 Å². The zero-order valence-corrected chi connectivity index (χ0v) is 18.1. The number of halogens is 3. The van der Waals surface area contributed by atoms with Crippen LogP contribution < -0.4 is 5.56 Å². The summed E-state index contributed by atoms with van der Waals surface area (Å²) >= 11 is 0. The number of nitrogens with zero attached hydrogens (tertiary/aromatic N) is 6. The van der Waals surface area contributed by atoms with Gasteiger partial charge in [-0.1, -0.05) is 13.0 Å². The number of sulfone groups is 1. The van der Waals surface area contributed by atoms with Crippen molar-refractivity contribution in [3.05, 3.63) is 70.5 Å². The van der Waals surface area contributed by atoms with E-state index in [-0.39, 0.29) is 44.2 Å². The fraction of sp³-hybridized carbons (Fsp3) is 0.143. The third kappa shape index (κ3) is 4.11. The lowest BCUT2D eigenvalue weighted by molar-refractivity contribution is -0.137. The van der Waals surface area contributed by atoms with Crippen LogP contribution >= 0.6 is 0 Å². The lowest BCUT2D eigenvalue weighted by Gasteiger charge is -2.12. The SMILES string of the molecule is CCS(=O)(=O)c1cc(-c2ncc(C#N)cn2)cnc1-n1ncc2ccc(C(F)(F)F)cc2c1=O. The molecule has 172 valence electrons. The van der Waals surface area contributed by atoms with Crippen molar-refractivity contribution in [3.63, 3.8) is 0 Å². The average Bonchev–Trinajstić information content (AvgIpc) is 2.83.